The van der Waals surface area contributed by atoms with Gasteiger partial charge in [0.1, 0.15) is 0 Å². The molecule has 0 aliphatic heterocycles. The second kappa shape index (κ2) is 7.85. The number of halogens is 1. The van der Waals surface area contributed by atoms with Gasteiger partial charge in [0.05, 0.1) is 0 Å². The van der Waals surface area contributed by atoms with Crippen LogP contribution in [0.2, 0.25) is 0 Å². The van der Waals surface area contributed by atoms with Gasteiger partial charge in [0, 0.05) is 0 Å². The summed E-state index contributed by atoms with van der Waals surface area (Å²) in [5.41, 5.74) is 0. The largest absolute Gasteiger partial charge is 0.0889 e. The Morgan fingerprint density at radius 2 is 2.00 bits per heavy atom. The highest BCUT2D eigenvalue weighted by Gasteiger charge is 2.01. The quantitative estimate of drug-likeness (QED) is 0.549. The summed E-state index contributed by atoms with van der Waals surface area (Å²) in [6.45, 7) is 8.41. The van der Waals surface area contributed by atoms with Gasteiger partial charge in [-0.1, -0.05) is 68.5 Å². The lowest BCUT2D eigenvalue weighted by Crippen LogP contribution is -1.93. The Bertz CT molecular complexity index is 118. The molecule has 0 aliphatic carbocycles. The van der Waals surface area contributed by atoms with Crippen LogP contribution in [0.25, 0.3) is 0 Å². The van der Waals surface area contributed by atoms with E-state index in [1.54, 1.807) is 0 Å². The molecule has 0 saturated carbocycles. The average Bonchev–Trinajstić information content (AvgIpc) is 1.97. The van der Waals surface area contributed by atoms with E-state index in [9.17, 15) is 0 Å². The Balaban J connectivity index is 3.19. The third kappa shape index (κ3) is 8.32. The van der Waals surface area contributed by atoms with E-state index in [1.165, 1.54) is 32.1 Å². The lowest BCUT2D eigenvalue weighted by molar-refractivity contribution is 0.493. The monoisotopic (exact) mass is 232 g/mol. The average molecular weight is 233 g/mol. The number of unbranched alkanes of at least 4 members (excludes halogenated alkanes) is 3. The maximum Gasteiger partial charge on any atom is -0.0119 e. The number of hydrogen-bond acceptors (Lipinski definition) is 0. The zero-order chi connectivity index (χ0) is 9.40. The van der Waals surface area contributed by atoms with Gasteiger partial charge in [-0.3, -0.25) is 0 Å². The van der Waals surface area contributed by atoms with E-state index < -0.39 is 0 Å². The van der Waals surface area contributed by atoms with Crippen molar-refractivity contribution in [2.24, 2.45) is 5.92 Å². The van der Waals surface area contributed by atoms with E-state index in [-0.39, 0.29) is 0 Å². The van der Waals surface area contributed by atoms with Crippen LogP contribution in [0.3, 0.4) is 0 Å². The van der Waals surface area contributed by atoms with Gasteiger partial charge < -0.3 is 0 Å². The standard InChI is InChI=1S/C11H21Br/c1-4-5-6-7-8-10(2)9-11(3)12/h10H,3-9H2,1-2H3/t10-/m1/s1. The van der Waals surface area contributed by atoms with Gasteiger partial charge in [-0.25, -0.2) is 0 Å². The molecule has 0 saturated heterocycles. The fraction of sp³-hybridized carbons (Fsp3) is 0.818. The molecule has 0 radical (unpaired) electrons. The molecule has 0 bridgehead atoms. The van der Waals surface area contributed by atoms with Crippen molar-refractivity contribution in [3.8, 4) is 0 Å². The molecule has 0 N–H and O–H groups in total. The summed E-state index contributed by atoms with van der Waals surface area (Å²) in [4.78, 5) is 0. The summed E-state index contributed by atoms with van der Waals surface area (Å²) in [5.74, 6) is 0.800. The highest BCUT2D eigenvalue weighted by molar-refractivity contribution is 9.11. The normalized spacial score (nSPS) is 12.9. The van der Waals surface area contributed by atoms with E-state index in [1.807, 2.05) is 0 Å². The van der Waals surface area contributed by atoms with Crippen LogP contribution in [-0.2, 0) is 0 Å². The van der Waals surface area contributed by atoms with Crippen LogP contribution in [-0.4, -0.2) is 0 Å². The van der Waals surface area contributed by atoms with Crippen molar-refractivity contribution < 1.29 is 0 Å². The van der Waals surface area contributed by atoms with Gasteiger partial charge in [0.2, 0.25) is 0 Å². The highest BCUT2D eigenvalue weighted by atomic mass is 79.9. The molecule has 0 nitrogen and oxygen atoms in total. The summed E-state index contributed by atoms with van der Waals surface area (Å²) in [6, 6.07) is 0. The molecule has 0 fully saturated rings. The molecule has 0 unspecified atom stereocenters. The molecule has 0 heterocycles. The van der Waals surface area contributed by atoms with Crippen LogP contribution in [0, 0.1) is 5.92 Å². The first-order valence-electron chi connectivity index (χ1n) is 5.00. The molecule has 0 aromatic rings. The first kappa shape index (κ1) is 12.2. The molecule has 0 aliphatic rings. The second-order valence-corrected chi connectivity index (χ2v) is 4.80. The molecule has 0 amide bonds. The molecule has 72 valence electrons. The third-order valence-corrected chi connectivity index (χ3v) is 2.44. The molecule has 1 atom stereocenters. The third-order valence-electron chi connectivity index (χ3n) is 2.12. The zero-order valence-corrected chi connectivity index (χ0v) is 9.99. The second-order valence-electron chi connectivity index (χ2n) is 3.68. The van der Waals surface area contributed by atoms with Gasteiger partial charge in [0.15, 0.2) is 0 Å². The summed E-state index contributed by atoms with van der Waals surface area (Å²) in [6.07, 6.45) is 7.99. The Morgan fingerprint density at radius 3 is 2.50 bits per heavy atom. The van der Waals surface area contributed by atoms with Crippen LogP contribution in [0.1, 0.15) is 52.4 Å². The number of hydrogen-bond donors (Lipinski definition) is 0. The molecule has 12 heavy (non-hydrogen) atoms. The molecule has 1 heteroatoms. The fourth-order valence-corrected chi connectivity index (χ4v) is 1.95. The van der Waals surface area contributed by atoms with E-state index in [4.69, 9.17) is 0 Å². The smallest absolute Gasteiger partial charge is 0.0119 e. The van der Waals surface area contributed by atoms with Crippen LogP contribution >= 0.6 is 15.9 Å². The number of allylic oxidation sites excluding steroid dienone is 1. The molecular formula is C11H21Br. The summed E-state index contributed by atoms with van der Waals surface area (Å²) in [5, 5.41) is 0. The fourth-order valence-electron chi connectivity index (χ4n) is 1.40. The van der Waals surface area contributed by atoms with E-state index >= 15 is 0 Å². The highest BCUT2D eigenvalue weighted by Crippen LogP contribution is 2.20. The molecule has 0 spiro atoms. The Labute approximate surface area is 85.6 Å². The molecular weight excluding hydrogens is 212 g/mol. The SMILES string of the molecule is C=C(Br)C[C@H](C)CCCCCC. The lowest BCUT2D eigenvalue weighted by Gasteiger charge is -2.09. The van der Waals surface area contributed by atoms with Crippen molar-refractivity contribution in [2.75, 3.05) is 0 Å². The first-order chi connectivity index (χ1) is 5.66. The minimum absolute atomic E-state index is 0.800. The van der Waals surface area contributed by atoms with Crippen molar-refractivity contribution in [3.05, 3.63) is 11.1 Å². The van der Waals surface area contributed by atoms with Crippen molar-refractivity contribution in [1.82, 2.24) is 0 Å². The van der Waals surface area contributed by atoms with Crippen LogP contribution in [0.15, 0.2) is 11.1 Å². The zero-order valence-electron chi connectivity index (χ0n) is 8.41. The molecule has 0 aromatic carbocycles. The van der Waals surface area contributed by atoms with Crippen LogP contribution < -0.4 is 0 Å². The lowest BCUT2D eigenvalue weighted by atomic mass is 10.00. The predicted molar refractivity (Wildman–Crippen MR) is 60.6 cm³/mol. The van der Waals surface area contributed by atoms with Crippen molar-refractivity contribution >= 4 is 15.9 Å². The van der Waals surface area contributed by atoms with E-state index in [2.05, 4.69) is 36.4 Å². The minimum atomic E-state index is 0.800. The first-order valence-corrected chi connectivity index (χ1v) is 5.79. The maximum absolute atomic E-state index is 3.86. The maximum atomic E-state index is 3.86. The van der Waals surface area contributed by atoms with Gasteiger partial charge in [0.25, 0.3) is 0 Å². The van der Waals surface area contributed by atoms with Gasteiger partial charge in [-0.15, -0.1) is 0 Å². The van der Waals surface area contributed by atoms with Gasteiger partial charge in [-0.05, 0) is 16.8 Å². The Morgan fingerprint density at radius 1 is 1.33 bits per heavy atom. The van der Waals surface area contributed by atoms with Gasteiger partial charge in [-0.2, -0.15) is 0 Å². The van der Waals surface area contributed by atoms with Crippen LogP contribution in [0.4, 0.5) is 0 Å². The topological polar surface area (TPSA) is 0 Å². The van der Waals surface area contributed by atoms with Crippen molar-refractivity contribution in [1.29, 1.82) is 0 Å². The van der Waals surface area contributed by atoms with Crippen molar-refractivity contribution in [3.63, 3.8) is 0 Å². The summed E-state index contributed by atoms with van der Waals surface area (Å²) in [7, 11) is 0. The van der Waals surface area contributed by atoms with Crippen molar-refractivity contribution in [2.45, 2.75) is 52.4 Å². The Hall–Kier alpha value is 0.220. The summed E-state index contributed by atoms with van der Waals surface area (Å²) >= 11 is 3.40. The number of rotatable bonds is 7. The van der Waals surface area contributed by atoms with Gasteiger partial charge >= 0.3 is 0 Å². The predicted octanol–water partition coefficient (Wildman–Crippen LogP) is 4.89. The minimum Gasteiger partial charge on any atom is -0.0889 e. The van der Waals surface area contributed by atoms with E-state index in [0.717, 1.165) is 16.8 Å². The summed E-state index contributed by atoms with van der Waals surface area (Å²) < 4.78 is 1.14. The molecule has 0 aromatic heterocycles. The Kier molecular flexibility index (Phi) is 7.99. The molecule has 0 rings (SSSR count). The van der Waals surface area contributed by atoms with Crippen LogP contribution in [0.5, 0.6) is 0 Å². The van der Waals surface area contributed by atoms with E-state index in [0.29, 0.717) is 0 Å².